The summed E-state index contributed by atoms with van der Waals surface area (Å²) in [7, 11) is 0. The fourth-order valence-corrected chi connectivity index (χ4v) is 3.66. The van der Waals surface area contributed by atoms with Crippen LogP contribution in [0.4, 0.5) is 0 Å². The van der Waals surface area contributed by atoms with Gasteiger partial charge in [0.15, 0.2) is 0 Å². The molecular weight excluding hydrogens is 292 g/mol. The average Bonchev–Trinajstić information content (AvgIpc) is 3.38. The highest BCUT2D eigenvalue weighted by Gasteiger charge is 2.46. The molecule has 0 unspecified atom stereocenters. The van der Waals surface area contributed by atoms with Crippen LogP contribution in [0.5, 0.6) is 0 Å². The first-order valence-corrected chi connectivity index (χ1v) is 8.26. The lowest BCUT2D eigenvalue weighted by Crippen LogP contribution is -2.05. The largest absolute Gasteiger partial charge is 0.466 e. The van der Waals surface area contributed by atoms with E-state index < -0.39 is 11.9 Å². The molecule has 3 aliphatic rings. The third-order valence-electron chi connectivity index (χ3n) is 4.99. The lowest BCUT2D eigenvalue weighted by Gasteiger charge is -2.09. The van der Waals surface area contributed by atoms with Crippen molar-refractivity contribution >= 4 is 17.5 Å². The highest BCUT2D eigenvalue weighted by Crippen LogP contribution is 2.52. The van der Waals surface area contributed by atoms with Gasteiger partial charge in [0.25, 0.3) is 0 Å². The number of aryl methyl sites for hydroxylation is 2. The zero-order chi connectivity index (χ0) is 16.3. The quantitative estimate of drug-likeness (QED) is 0.483. The molecule has 4 heteroatoms. The molecule has 1 saturated heterocycles. The van der Waals surface area contributed by atoms with Crippen LogP contribution < -0.4 is 0 Å². The standard InChI is InChI=1S/C19H20O4/c1-9-8-14(11(3)22-9)10(2)15-17(19(21)23-18(15)20)16(12-4-5-12)13-6-7-13/h8,12-13H,4-7H2,1-3H3/b15-10+. The lowest BCUT2D eigenvalue weighted by atomic mass is 9.90. The fraction of sp³-hybridized carbons (Fsp3) is 0.474. The monoisotopic (exact) mass is 312 g/mol. The first kappa shape index (κ1) is 14.5. The molecule has 23 heavy (non-hydrogen) atoms. The van der Waals surface area contributed by atoms with E-state index in [9.17, 15) is 9.59 Å². The Bertz CT molecular complexity index is 768. The van der Waals surface area contributed by atoms with E-state index in [1.165, 1.54) is 5.57 Å². The van der Waals surface area contributed by atoms with Crippen LogP contribution in [0.1, 0.15) is 49.7 Å². The molecule has 2 saturated carbocycles. The topological polar surface area (TPSA) is 56.5 Å². The SMILES string of the molecule is C/C(=C1\C(=O)OC(=O)C1=C(C1CC1)C1CC1)c1cc(C)oc1C. The van der Waals surface area contributed by atoms with Gasteiger partial charge in [0.2, 0.25) is 0 Å². The summed E-state index contributed by atoms with van der Waals surface area (Å²) in [5.74, 6) is 1.51. The van der Waals surface area contributed by atoms with E-state index in [1.807, 2.05) is 26.8 Å². The number of carbonyl (C=O) groups excluding carboxylic acids is 2. The molecule has 2 heterocycles. The lowest BCUT2D eigenvalue weighted by molar-refractivity contribution is -0.149. The number of hydrogen-bond donors (Lipinski definition) is 0. The number of hydrogen-bond acceptors (Lipinski definition) is 4. The van der Waals surface area contributed by atoms with Crippen LogP contribution in [0.25, 0.3) is 5.57 Å². The van der Waals surface area contributed by atoms with E-state index in [-0.39, 0.29) is 0 Å². The molecule has 4 rings (SSSR count). The molecule has 2 aliphatic carbocycles. The van der Waals surface area contributed by atoms with Gasteiger partial charge in [-0.25, -0.2) is 9.59 Å². The van der Waals surface area contributed by atoms with Gasteiger partial charge in [-0.05, 0) is 75.5 Å². The Hall–Kier alpha value is -2.10. The Morgan fingerprint density at radius 2 is 1.57 bits per heavy atom. The maximum absolute atomic E-state index is 12.4. The summed E-state index contributed by atoms with van der Waals surface area (Å²) in [5.41, 5.74) is 3.84. The van der Waals surface area contributed by atoms with Crippen LogP contribution in [0, 0.1) is 25.7 Å². The number of rotatable bonds is 3. The van der Waals surface area contributed by atoms with Crippen molar-refractivity contribution in [2.45, 2.75) is 46.5 Å². The minimum Gasteiger partial charge on any atom is -0.466 e. The van der Waals surface area contributed by atoms with Gasteiger partial charge in [0.05, 0.1) is 11.1 Å². The molecule has 120 valence electrons. The summed E-state index contributed by atoms with van der Waals surface area (Å²) in [4.78, 5) is 24.7. The molecule has 0 aromatic carbocycles. The first-order valence-electron chi connectivity index (χ1n) is 8.26. The molecule has 0 N–H and O–H groups in total. The third-order valence-corrected chi connectivity index (χ3v) is 4.99. The number of allylic oxidation sites excluding steroid dienone is 2. The van der Waals surface area contributed by atoms with Crippen LogP contribution in [0.3, 0.4) is 0 Å². The number of cyclic esters (lactones) is 2. The average molecular weight is 312 g/mol. The Morgan fingerprint density at radius 1 is 1.00 bits per heavy atom. The molecule has 0 amide bonds. The maximum atomic E-state index is 12.4. The van der Waals surface area contributed by atoms with Crippen molar-refractivity contribution in [2.24, 2.45) is 11.8 Å². The van der Waals surface area contributed by atoms with Gasteiger partial charge in [-0.15, -0.1) is 0 Å². The minimum atomic E-state index is -0.514. The van der Waals surface area contributed by atoms with Crippen molar-refractivity contribution in [1.82, 2.24) is 0 Å². The van der Waals surface area contributed by atoms with Crippen molar-refractivity contribution < 1.29 is 18.7 Å². The Balaban J connectivity index is 1.92. The van der Waals surface area contributed by atoms with Crippen LogP contribution in [0.15, 0.2) is 27.2 Å². The van der Waals surface area contributed by atoms with E-state index in [0.717, 1.165) is 48.3 Å². The van der Waals surface area contributed by atoms with Crippen LogP contribution in [-0.4, -0.2) is 11.9 Å². The number of carbonyl (C=O) groups is 2. The minimum absolute atomic E-state index is 0.452. The van der Waals surface area contributed by atoms with Crippen LogP contribution in [0.2, 0.25) is 0 Å². The molecule has 0 radical (unpaired) electrons. The zero-order valence-electron chi connectivity index (χ0n) is 13.7. The maximum Gasteiger partial charge on any atom is 0.347 e. The molecule has 0 atom stereocenters. The molecule has 1 aromatic heterocycles. The Kier molecular flexibility index (Phi) is 3.12. The van der Waals surface area contributed by atoms with E-state index in [0.29, 0.717) is 23.0 Å². The second-order valence-electron chi connectivity index (χ2n) is 6.88. The summed E-state index contributed by atoms with van der Waals surface area (Å²) in [6.45, 7) is 5.63. The summed E-state index contributed by atoms with van der Waals surface area (Å²) in [5, 5.41) is 0. The second kappa shape index (κ2) is 4.95. The Labute approximate surface area is 135 Å². The number of esters is 2. The van der Waals surface area contributed by atoms with Gasteiger partial charge in [-0.3, -0.25) is 0 Å². The predicted molar refractivity (Wildman–Crippen MR) is 84.3 cm³/mol. The van der Waals surface area contributed by atoms with E-state index >= 15 is 0 Å². The summed E-state index contributed by atoms with van der Waals surface area (Å²) in [6.07, 6.45) is 4.47. The summed E-state index contributed by atoms with van der Waals surface area (Å²) < 4.78 is 10.6. The number of ether oxygens (including phenoxy) is 1. The highest BCUT2D eigenvalue weighted by molar-refractivity contribution is 6.22. The van der Waals surface area contributed by atoms with E-state index in [1.54, 1.807) is 0 Å². The van der Waals surface area contributed by atoms with Crippen molar-refractivity contribution in [2.75, 3.05) is 0 Å². The molecule has 1 aliphatic heterocycles. The van der Waals surface area contributed by atoms with E-state index in [4.69, 9.17) is 9.15 Å². The molecular formula is C19H20O4. The fourth-order valence-electron chi connectivity index (χ4n) is 3.66. The highest BCUT2D eigenvalue weighted by atomic mass is 16.6. The van der Waals surface area contributed by atoms with Gasteiger partial charge in [-0.1, -0.05) is 0 Å². The normalized spacial score (nSPS) is 23.3. The molecule has 0 bridgehead atoms. The Morgan fingerprint density at radius 3 is 2.04 bits per heavy atom. The van der Waals surface area contributed by atoms with Crippen molar-refractivity contribution in [3.8, 4) is 0 Å². The predicted octanol–water partition coefficient (Wildman–Crippen LogP) is 3.87. The summed E-state index contributed by atoms with van der Waals surface area (Å²) in [6, 6.07) is 1.92. The van der Waals surface area contributed by atoms with Crippen LogP contribution >= 0.6 is 0 Å². The smallest absolute Gasteiger partial charge is 0.347 e. The molecule has 0 spiro atoms. The molecule has 3 fully saturated rings. The van der Waals surface area contributed by atoms with Gasteiger partial charge in [-0.2, -0.15) is 0 Å². The van der Waals surface area contributed by atoms with Gasteiger partial charge in [0, 0.05) is 5.56 Å². The van der Waals surface area contributed by atoms with Gasteiger partial charge in [0.1, 0.15) is 11.5 Å². The number of furan rings is 1. The molecule has 1 aromatic rings. The zero-order valence-corrected chi connectivity index (χ0v) is 13.7. The van der Waals surface area contributed by atoms with Gasteiger partial charge < -0.3 is 9.15 Å². The van der Waals surface area contributed by atoms with Crippen molar-refractivity contribution in [1.29, 1.82) is 0 Å². The molecule has 4 nitrogen and oxygen atoms in total. The van der Waals surface area contributed by atoms with Crippen molar-refractivity contribution in [3.63, 3.8) is 0 Å². The second-order valence-corrected chi connectivity index (χ2v) is 6.88. The summed E-state index contributed by atoms with van der Waals surface area (Å²) >= 11 is 0. The first-order chi connectivity index (χ1) is 11.0. The van der Waals surface area contributed by atoms with E-state index in [2.05, 4.69) is 0 Å². The van der Waals surface area contributed by atoms with Crippen LogP contribution in [-0.2, 0) is 14.3 Å². The third kappa shape index (κ3) is 2.37. The van der Waals surface area contributed by atoms with Crippen molar-refractivity contribution in [3.05, 3.63) is 39.9 Å². The van der Waals surface area contributed by atoms with Gasteiger partial charge >= 0.3 is 11.9 Å².